The van der Waals surface area contributed by atoms with Crippen LogP contribution in [0.15, 0.2) is 24.3 Å². The molecule has 0 saturated carbocycles. The van der Waals surface area contributed by atoms with Gasteiger partial charge in [0.15, 0.2) is 0 Å². The van der Waals surface area contributed by atoms with Crippen molar-refractivity contribution in [3.63, 3.8) is 0 Å². The van der Waals surface area contributed by atoms with E-state index in [1.54, 1.807) is 0 Å². The van der Waals surface area contributed by atoms with Crippen molar-refractivity contribution >= 4 is 11.7 Å². The summed E-state index contributed by atoms with van der Waals surface area (Å²) in [6.45, 7) is 3.70. The molecule has 0 fully saturated rings. The minimum Gasteiger partial charge on any atom is -0.481 e. The number of nitrogens with one attached hydrogen (secondary N) is 1. The largest absolute Gasteiger partial charge is 0.481 e. The van der Waals surface area contributed by atoms with Gasteiger partial charge in [-0.05, 0) is 26.0 Å². The van der Waals surface area contributed by atoms with E-state index >= 15 is 0 Å². The van der Waals surface area contributed by atoms with E-state index in [4.69, 9.17) is 5.11 Å². The average molecular weight is 223 g/mol. The summed E-state index contributed by atoms with van der Waals surface area (Å²) in [5.74, 6) is -1.00. The molecule has 1 aromatic carbocycles. The molecule has 0 amide bonds. The molecule has 3 N–H and O–H groups in total. The summed E-state index contributed by atoms with van der Waals surface area (Å²) in [6.07, 6.45) is -0.272. The molecule has 88 valence electrons. The van der Waals surface area contributed by atoms with Crippen molar-refractivity contribution in [1.29, 1.82) is 0 Å². The van der Waals surface area contributed by atoms with Crippen LogP contribution >= 0.6 is 0 Å². The van der Waals surface area contributed by atoms with Crippen molar-refractivity contribution in [3.8, 4) is 0 Å². The maximum Gasteiger partial charge on any atom is 0.306 e. The van der Waals surface area contributed by atoms with Gasteiger partial charge in [0.1, 0.15) is 0 Å². The van der Waals surface area contributed by atoms with E-state index in [1.807, 2.05) is 31.2 Å². The van der Waals surface area contributed by atoms with Crippen LogP contribution in [-0.2, 0) is 4.79 Å². The van der Waals surface area contributed by atoms with Crippen LogP contribution < -0.4 is 5.32 Å². The molecule has 0 aliphatic rings. The van der Waals surface area contributed by atoms with Crippen LogP contribution in [0.3, 0.4) is 0 Å². The summed E-state index contributed by atoms with van der Waals surface area (Å²) < 4.78 is 0. The number of hydrogen-bond acceptors (Lipinski definition) is 3. The zero-order valence-electron chi connectivity index (χ0n) is 9.53. The Kier molecular flexibility index (Phi) is 3.90. The van der Waals surface area contributed by atoms with Crippen LogP contribution in [0.2, 0.25) is 0 Å². The number of aryl methyl sites for hydroxylation is 1. The highest BCUT2D eigenvalue weighted by Crippen LogP contribution is 2.13. The zero-order valence-corrected chi connectivity index (χ0v) is 9.53. The van der Waals surface area contributed by atoms with Gasteiger partial charge in [-0.15, -0.1) is 0 Å². The number of hydrogen-bond donors (Lipinski definition) is 3. The van der Waals surface area contributed by atoms with Crippen molar-refractivity contribution in [1.82, 2.24) is 0 Å². The minimum absolute atomic E-state index is 0.211. The third kappa shape index (κ3) is 4.31. The van der Waals surface area contributed by atoms with Crippen LogP contribution in [0.1, 0.15) is 18.9 Å². The summed E-state index contributed by atoms with van der Waals surface area (Å²) in [7, 11) is 0. The van der Waals surface area contributed by atoms with E-state index in [2.05, 4.69) is 5.32 Å². The maximum atomic E-state index is 10.5. The van der Waals surface area contributed by atoms with Gasteiger partial charge >= 0.3 is 5.97 Å². The minimum atomic E-state index is -1.24. The predicted molar refractivity (Wildman–Crippen MR) is 62.5 cm³/mol. The van der Waals surface area contributed by atoms with Crippen LogP contribution in [0, 0.1) is 6.92 Å². The highest BCUT2D eigenvalue weighted by Gasteiger charge is 2.23. The van der Waals surface area contributed by atoms with Crippen LogP contribution in [0.25, 0.3) is 0 Å². The van der Waals surface area contributed by atoms with Gasteiger partial charge in [0.25, 0.3) is 0 Å². The number of carbonyl (C=O) groups is 1. The fraction of sp³-hybridized carbons (Fsp3) is 0.417. The fourth-order valence-electron chi connectivity index (χ4n) is 1.35. The lowest BCUT2D eigenvalue weighted by molar-refractivity contribution is -0.141. The van der Waals surface area contributed by atoms with Crippen molar-refractivity contribution in [2.45, 2.75) is 25.9 Å². The molecule has 0 saturated heterocycles. The molecule has 1 atom stereocenters. The van der Waals surface area contributed by atoms with E-state index in [9.17, 15) is 9.90 Å². The van der Waals surface area contributed by atoms with Gasteiger partial charge in [-0.2, -0.15) is 0 Å². The zero-order chi connectivity index (χ0) is 12.2. The van der Waals surface area contributed by atoms with Crippen LogP contribution in [0.4, 0.5) is 5.69 Å². The van der Waals surface area contributed by atoms with Crippen LogP contribution in [0.5, 0.6) is 0 Å². The van der Waals surface area contributed by atoms with Crippen molar-refractivity contribution in [3.05, 3.63) is 29.8 Å². The number of carboxylic acids is 1. The second-order valence-electron chi connectivity index (χ2n) is 4.29. The number of carboxylic acid groups (broad SMARTS) is 1. The normalized spacial score (nSPS) is 14.2. The standard InChI is InChI=1S/C12H17NO3/c1-9-3-5-10(6-4-9)13-8-12(2,16)7-11(14)15/h3-6,13,16H,7-8H2,1-2H3,(H,14,15). The Labute approximate surface area is 94.9 Å². The fourth-order valence-corrected chi connectivity index (χ4v) is 1.35. The smallest absolute Gasteiger partial charge is 0.306 e. The first-order valence-corrected chi connectivity index (χ1v) is 5.14. The van der Waals surface area contributed by atoms with E-state index < -0.39 is 11.6 Å². The highest BCUT2D eigenvalue weighted by molar-refractivity contribution is 5.68. The monoisotopic (exact) mass is 223 g/mol. The van der Waals surface area contributed by atoms with Crippen molar-refractivity contribution in [2.24, 2.45) is 0 Å². The second kappa shape index (κ2) is 4.99. The van der Waals surface area contributed by atoms with Crippen molar-refractivity contribution < 1.29 is 15.0 Å². The lowest BCUT2D eigenvalue weighted by Gasteiger charge is -2.22. The number of rotatable bonds is 5. The molecule has 0 bridgehead atoms. The SMILES string of the molecule is Cc1ccc(NCC(C)(O)CC(=O)O)cc1. The quantitative estimate of drug-likeness (QED) is 0.709. The molecule has 4 heteroatoms. The Morgan fingerprint density at radius 3 is 2.44 bits per heavy atom. The number of aliphatic hydroxyl groups is 1. The van der Waals surface area contributed by atoms with Crippen LogP contribution in [-0.4, -0.2) is 28.3 Å². The van der Waals surface area contributed by atoms with E-state index in [1.165, 1.54) is 6.92 Å². The molecule has 0 aliphatic carbocycles. The Bertz CT molecular complexity index is 357. The number of benzene rings is 1. The molecule has 1 aromatic rings. The van der Waals surface area contributed by atoms with Gasteiger partial charge in [0.05, 0.1) is 12.0 Å². The number of aliphatic carboxylic acids is 1. The maximum absolute atomic E-state index is 10.5. The molecule has 1 rings (SSSR count). The Morgan fingerprint density at radius 1 is 1.38 bits per heavy atom. The van der Waals surface area contributed by atoms with E-state index in [0.29, 0.717) is 0 Å². The molecule has 0 spiro atoms. The second-order valence-corrected chi connectivity index (χ2v) is 4.29. The molecule has 0 heterocycles. The first kappa shape index (κ1) is 12.5. The predicted octanol–water partition coefficient (Wildman–Crippen LogP) is 1.63. The summed E-state index contributed by atoms with van der Waals surface area (Å²) in [4.78, 5) is 10.5. The third-order valence-electron chi connectivity index (χ3n) is 2.26. The molecule has 1 unspecified atom stereocenters. The van der Waals surface area contributed by atoms with Gasteiger partial charge in [0.2, 0.25) is 0 Å². The Morgan fingerprint density at radius 2 is 1.94 bits per heavy atom. The summed E-state index contributed by atoms with van der Waals surface area (Å²) >= 11 is 0. The van der Waals surface area contributed by atoms with Gasteiger partial charge < -0.3 is 15.5 Å². The Balaban J connectivity index is 2.50. The van der Waals surface area contributed by atoms with Gasteiger partial charge in [0, 0.05) is 12.2 Å². The number of anilines is 1. The molecule has 4 nitrogen and oxygen atoms in total. The molecule has 0 radical (unpaired) electrons. The average Bonchev–Trinajstić information content (AvgIpc) is 2.15. The molecule has 0 aliphatic heterocycles. The highest BCUT2D eigenvalue weighted by atomic mass is 16.4. The molecular weight excluding hydrogens is 206 g/mol. The molecule has 0 aromatic heterocycles. The summed E-state index contributed by atoms with van der Waals surface area (Å²) in [5, 5.41) is 21.4. The Hall–Kier alpha value is -1.55. The summed E-state index contributed by atoms with van der Waals surface area (Å²) in [5.41, 5.74) is 0.788. The first-order valence-electron chi connectivity index (χ1n) is 5.14. The van der Waals surface area contributed by atoms with Gasteiger partial charge in [-0.1, -0.05) is 17.7 Å². The van der Waals surface area contributed by atoms with Gasteiger partial charge in [-0.25, -0.2) is 0 Å². The van der Waals surface area contributed by atoms with E-state index in [-0.39, 0.29) is 13.0 Å². The lowest BCUT2D eigenvalue weighted by Crippen LogP contribution is -2.35. The third-order valence-corrected chi connectivity index (χ3v) is 2.26. The summed E-state index contributed by atoms with van der Waals surface area (Å²) in [6, 6.07) is 7.70. The van der Waals surface area contributed by atoms with Crippen molar-refractivity contribution in [2.75, 3.05) is 11.9 Å². The molecular formula is C12H17NO3. The first-order chi connectivity index (χ1) is 7.39. The lowest BCUT2D eigenvalue weighted by atomic mass is 10.0. The van der Waals surface area contributed by atoms with E-state index in [0.717, 1.165) is 11.3 Å². The molecule has 16 heavy (non-hydrogen) atoms. The topological polar surface area (TPSA) is 69.6 Å². The van der Waals surface area contributed by atoms with Gasteiger partial charge in [-0.3, -0.25) is 4.79 Å².